The summed E-state index contributed by atoms with van der Waals surface area (Å²) in [5.41, 5.74) is 7.63. The minimum absolute atomic E-state index is 0. The van der Waals surface area contributed by atoms with Crippen LogP contribution >= 0.6 is 12.4 Å². The van der Waals surface area contributed by atoms with Crippen LogP contribution in [0.4, 0.5) is 5.82 Å². The number of rotatable bonds is 5. The molecule has 0 saturated heterocycles. The lowest BCUT2D eigenvalue weighted by Gasteiger charge is -2.13. The molecule has 4 rings (SSSR count). The van der Waals surface area contributed by atoms with Gasteiger partial charge in [-0.25, -0.2) is 4.98 Å². The maximum Gasteiger partial charge on any atom is 0.150 e. The van der Waals surface area contributed by atoms with Crippen molar-refractivity contribution in [3.05, 3.63) is 94.8 Å². The molecule has 1 N–H and O–H groups in total. The van der Waals surface area contributed by atoms with Crippen LogP contribution in [0.2, 0.25) is 0 Å². The van der Waals surface area contributed by atoms with Gasteiger partial charge in [0.15, 0.2) is 5.82 Å². The fraction of sp³-hybridized carbons (Fsp3) is 0.208. The Hall–Kier alpha value is -2.78. The van der Waals surface area contributed by atoms with Crippen LogP contribution in [0.25, 0.3) is 10.9 Å². The molecule has 0 aliphatic heterocycles. The molecule has 144 valence electrons. The summed E-state index contributed by atoms with van der Waals surface area (Å²) in [4.78, 5) is 4.66. The van der Waals surface area contributed by atoms with E-state index >= 15 is 0 Å². The number of halogens is 1. The fourth-order valence-corrected chi connectivity index (χ4v) is 3.58. The van der Waals surface area contributed by atoms with E-state index in [1.807, 2.05) is 6.20 Å². The Kier molecular flexibility index (Phi) is 6.05. The number of aryl methyl sites for hydroxylation is 2. The molecule has 4 heteroatoms. The van der Waals surface area contributed by atoms with E-state index < -0.39 is 0 Å². The van der Waals surface area contributed by atoms with Gasteiger partial charge < -0.3 is 9.88 Å². The average molecular weight is 392 g/mol. The molecule has 0 aliphatic rings. The van der Waals surface area contributed by atoms with Crippen LogP contribution in [-0.2, 0) is 13.1 Å². The minimum Gasteiger partial charge on any atom is -0.364 e. The van der Waals surface area contributed by atoms with E-state index in [1.54, 1.807) is 0 Å². The summed E-state index contributed by atoms with van der Waals surface area (Å²) >= 11 is 0. The van der Waals surface area contributed by atoms with E-state index in [-0.39, 0.29) is 12.4 Å². The SMILES string of the molecule is Cc1ccc(CNc2nccc3c(C)c(C)n(Cc4ccccc4)c23)cc1.Cl. The van der Waals surface area contributed by atoms with Gasteiger partial charge in [0.2, 0.25) is 0 Å². The van der Waals surface area contributed by atoms with Crippen molar-refractivity contribution in [3.8, 4) is 0 Å². The summed E-state index contributed by atoms with van der Waals surface area (Å²) in [6.07, 6.45) is 1.90. The van der Waals surface area contributed by atoms with Crippen molar-refractivity contribution in [1.82, 2.24) is 9.55 Å². The maximum atomic E-state index is 4.66. The van der Waals surface area contributed by atoms with Gasteiger partial charge in [-0.05, 0) is 43.5 Å². The average Bonchev–Trinajstić information content (AvgIpc) is 2.94. The van der Waals surface area contributed by atoms with Crippen molar-refractivity contribution < 1.29 is 0 Å². The molecule has 4 aromatic rings. The largest absolute Gasteiger partial charge is 0.364 e. The maximum absolute atomic E-state index is 4.66. The number of benzene rings is 2. The Morgan fingerprint density at radius 3 is 2.29 bits per heavy atom. The third-order valence-corrected chi connectivity index (χ3v) is 5.31. The molecular weight excluding hydrogens is 366 g/mol. The number of hydrogen-bond acceptors (Lipinski definition) is 2. The summed E-state index contributed by atoms with van der Waals surface area (Å²) in [6, 6.07) is 21.4. The molecule has 0 atom stereocenters. The number of anilines is 1. The predicted octanol–water partition coefficient (Wildman–Crippen LogP) is 6.04. The van der Waals surface area contributed by atoms with Crippen LogP contribution in [-0.4, -0.2) is 9.55 Å². The third kappa shape index (κ3) is 3.90. The lowest BCUT2D eigenvalue weighted by molar-refractivity contribution is 0.799. The van der Waals surface area contributed by atoms with Crippen LogP contribution in [0.1, 0.15) is 27.9 Å². The Balaban J connectivity index is 0.00000225. The van der Waals surface area contributed by atoms with Crippen molar-refractivity contribution in [1.29, 1.82) is 0 Å². The van der Waals surface area contributed by atoms with Crippen molar-refractivity contribution in [2.24, 2.45) is 0 Å². The van der Waals surface area contributed by atoms with Crippen molar-refractivity contribution >= 4 is 29.1 Å². The van der Waals surface area contributed by atoms with Crippen LogP contribution in [0.5, 0.6) is 0 Å². The Morgan fingerprint density at radius 2 is 1.57 bits per heavy atom. The second kappa shape index (κ2) is 8.49. The van der Waals surface area contributed by atoms with Crippen molar-refractivity contribution in [2.45, 2.75) is 33.9 Å². The van der Waals surface area contributed by atoms with Gasteiger partial charge >= 0.3 is 0 Å². The summed E-state index contributed by atoms with van der Waals surface area (Å²) in [6.45, 7) is 8.12. The third-order valence-electron chi connectivity index (χ3n) is 5.31. The Bertz CT molecular complexity index is 1070. The molecule has 2 heterocycles. The molecule has 0 bridgehead atoms. The second-order valence-corrected chi connectivity index (χ2v) is 7.18. The van der Waals surface area contributed by atoms with E-state index in [0.29, 0.717) is 0 Å². The first kappa shape index (κ1) is 20.0. The van der Waals surface area contributed by atoms with Crippen molar-refractivity contribution in [2.75, 3.05) is 5.32 Å². The van der Waals surface area contributed by atoms with Gasteiger partial charge in [-0.1, -0.05) is 60.2 Å². The topological polar surface area (TPSA) is 29.9 Å². The number of hydrogen-bond donors (Lipinski definition) is 1. The van der Waals surface area contributed by atoms with Crippen LogP contribution in [0.15, 0.2) is 66.9 Å². The smallest absolute Gasteiger partial charge is 0.150 e. The van der Waals surface area contributed by atoms with E-state index in [1.165, 1.54) is 38.9 Å². The van der Waals surface area contributed by atoms with Gasteiger partial charge in [0.1, 0.15) is 0 Å². The molecule has 2 aromatic heterocycles. The Morgan fingerprint density at radius 1 is 0.857 bits per heavy atom. The number of nitrogens with zero attached hydrogens (tertiary/aromatic N) is 2. The molecule has 0 aliphatic carbocycles. The highest BCUT2D eigenvalue weighted by Crippen LogP contribution is 2.30. The predicted molar refractivity (Wildman–Crippen MR) is 121 cm³/mol. The number of fused-ring (bicyclic) bond motifs is 1. The summed E-state index contributed by atoms with van der Waals surface area (Å²) < 4.78 is 2.38. The van der Waals surface area contributed by atoms with Gasteiger partial charge in [-0.2, -0.15) is 0 Å². The normalized spacial score (nSPS) is 10.7. The van der Waals surface area contributed by atoms with E-state index in [9.17, 15) is 0 Å². The molecule has 0 fully saturated rings. The Labute approximate surface area is 172 Å². The zero-order valence-electron chi connectivity index (χ0n) is 16.6. The summed E-state index contributed by atoms with van der Waals surface area (Å²) in [7, 11) is 0. The molecule has 3 nitrogen and oxygen atoms in total. The minimum atomic E-state index is 0. The summed E-state index contributed by atoms with van der Waals surface area (Å²) in [5, 5.41) is 4.83. The van der Waals surface area contributed by atoms with Gasteiger partial charge in [-0.3, -0.25) is 0 Å². The number of aromatic nitrogens is 2. The lowest BCUT2D eigenvalue weighted by Crippen LogP contribution is -2.07. The second-order valence-electron chi connectivity index (χ2n) is 7.18. The molecule has 0 saturated carbocycles. The monoisotopic (exact) mass is 391 g/mol. The highest BCUT2D eigenvalue weighted by atomic mass is 35.5. The number of nitrogens with one attached hydrogen (secondary N) is 1. The fourth-order valence-electron chi connectivity index (χ4n) is 3.58. The van der Waals surface area contributed by atoms with E-state index in [2.05, 4.69) is 96.3 Å². The van der Waals surface area contributed by atoms with Gasteiger partial charge in [0, 0.05) is 30.4 Å². The van der Waals surface area contributed by atoms with Crippen LogP contribution < -0.4 is 5.32 Å². The highest BCUT2D eigenvalue weighted by Gasteiger charge is 2.15. The molecular formula is C24H26ClN3. The molecule has 28 heavy (non-hydrogen) atoms. The van der Waals surface area contributed by atoms with Gasteiger partial charge in [0.25, 0.3) is 0 Å². The van der Waals surface area contributed by atoms with Crippen LogP contribution in [0, 0.1) is 20.8 Å². The first-order valence-electron chi connectivity index (χ1n) is 9.41. The van der Waals surface area contributed by atoms with E-state index in [0.717, 1.165) is 18.9 Å². The quantitative estimate of drug-likeness (QED) is 0.449. The first-order chi connectivity index (χ1) is 13.1. The molecule has 0 spiro atoms. The van der Waals surface area contributed by atoms with Crippen LogP contribution in [0.3, 0.4) is 0 Å². The standard InChI is InChI=1S/C24H25N3.ClH/c1-17-9-11-20(12-10-17)15-26-24-23-22(13-14-25-24)18(2)19(3)27(23)16-21-7-5-4-6-8-21;/h4-14H,15-16H2,1-3H3,(H,25,26);1H. The van der Waals surface area contributed by atoms with Gasteiger partial charge in [0.05, 0.1) is 5.52 Å². The highest BCUT2D eigenvalue weighted by molar-refractivity contribution is 5.93. The van der Waals surface area contributed by atoms with Gasteiger partial charge in [-0.15, -0.1) is 12.4 Å². The van der Waals surface area contributed by atoms with E-state index in [4.69, 9.17) is 0 Å². The lowest BCUT2D eigenvalue weighted by atomic mass is 10.1. The zero-order valence-corrected chi connectivity index (χ0v) is 17.4. The molecule has 0 amide bonds. The summed E-state index contributed by atoms with van der Waals surface area (Å²) in [5.74, 6) is 0.945. The zero-order chi connectivity index (χ0) is 18.8. The van der Waals surface area contributed by atoms with Crippen molar-refractivity contribution in [3.63, 3.8) is 0 Å². The molecule has 0 radical (unpaired) electrons. The first-order valence-corrected chi connectivity index (χ1v) is 9.41. The molecule has 2 aromatic carbocycles. The number of pyridine rings is 1. The molecule has 0 unspecified atom stereocenters.